The van der Waals surface area contributed by atoms with Crippen LogP contribution in [0, 0.1) is 0 Å². The predicted molar refractivity (Wildman–Crippen MR) is 92.9 cm³/mol. The minimum atomic E-state index is -0.306. The Kier molecular flexibility index (Phi) is 4.48. The molecule has 0 radical (unpaired) electrons. The van der Waals surface area contributed by atoms with E-state index in [4.69, 9.17) is 4.74 Å². The molecule has 3 heterocycles. The molecule has 4 rings (SSSR count). The van der Waals surface area contributed by atoms with Crippen LogP contribution in [0.5, 0.6) is 0 Å². The maximum Gasteiger partial charge on any atom is 0.327 e. The fraction of sp³-hybridized carbons (Fsp3) is 0.579. The molecule has 134 valence electrons. The third-order valence-corrected chi connectivity index (χ3v) is 5.74. The van der Waals surface area contributed by atoms with Gasteiger partial charge in [0, 0.05) is 45.8 Å². The molecule has 1 aromatic carbocycles. The Morgan fingerprint density at radius 3 is 2.48 bits per heavy atom. The first kappa shape index (κ1) is 16.5. The van der Waals surface area contributed by atoms with Gasteiger partial charge in [-0.15, -0.1) is 0 Å². The van der Waals surface area contributed by atoms with Gasteiger partial charge in [0.25, 0.3) is 5.91 Å². The average molecular weight is 343 g/mol. The second kappa shape index (κ2) is 6.77. The summed E-state index contributed by atoms with van der Waals surface area (Å²) in [6.07, 6.45) is 2.34. The van der Waals surface area contributed by atoms with E-state index in [0.717, 1.165) is 32.5 Å². The third kappa shape index (κ3) is 3.04. The maximum absolute atomic E-state index is 12.7. The van der Waals surface area contributed by atoms with Crippen LogP contribution in [0.3, 0.4) is 0 Å². The number of rotatable bonds is 4. The molecule has 0 bridgehead atoms. The van der Waals surface area contributed by atoms with Crippen molar-refractivity contribution in [1.82, 2.24) is 14.7 Å². The number of imide groups is 1. The number of carbonyl (C=O) groups excluding carboxylic acids is 2. The summed E-state index contributed by atoms with van der Waals surface area (Å²) in [6.45, 7) is 3.30. The molecule has 0 N–H and O–H groups in total. The number of carbonyl (C=O) groups is 2. The van der Waals surface area contributed by atoms with Gasteiger partial charge in [0.2, 0.25) is 0 Å². The second-order valence-electron chi connectivity index (χ2n) is 7.25. The van der Waals surface area contributed by atoms with Crippen molar-refractivity contribution in [3.05, 3.63) is 35.9 Å². The first-order valence-electron chi connectivity index (χ1n) is 9.10. The van der Waals surface area contributed by atoms with Gasteiger partial charge < -0.3 is 9.64 Å². The number of amides is 3. The summed E-state index contributed by atoms with van der Waals surface area (Å²) in [7, 11) is 1.64. The highest BCUT2D eigenvalue weighted by atomic mass is 16.5. The van der Waals surface area contributed by atoms with Crippen molar-refractivity contribution in [2.45, 2.75) is 44.0 Å². The van der Waals surface area contributed by atoms with Crippen LogP contribution in [-0.2, 0) is 16.1 Å². The Hall–Kier alpha value is -1.92. The molecule has 3 fully saturated rings. The number of urea groups is 1. The molecule has 25 heavy (non-hydrogen) atoms. The van der Waals surface area contributed by atoms with Gasteiger partial charge in [-0.05, 0) is 18.4 Å². The molecule has 0 aliphatic carbocycles. The zero-order chi connectivity index (χ0) is 17.4. The van der Waals surface area contributed by atoms with Crippen molar-refractivity contribution in [3.63, 3.8) is 0 Å². The molecule has 6 nitrogen and oxygen atoms in total. The molecule has 0 saturated carbocycles. The summed E-state index contributed by atoms with van der Waals surface area (Å²) in [5.74, 6) is -0.0222. The topological polar surface area (TPSA) is 53.1 Å². The van der Waals surface area contributed by atoms with Crippen molar-refractivity contribution >= 4 is 11.9 Å². The molecular formula is C19H25N3O3. The molecule has 0 aromatic heterocycles. The van der Waals surface area contributed by atoms with Gasteiger partial charge >= 0.3 is 6.03 Å². The summed E-state index contributed by atoms with van der Waals surface area (Å²) in [5.41, 5.74) is 1.31. The number of hydrogen-bond donors (Lipinski definition) is 0. The summed E-state index contributed by atoms with van der Waals surface area (Å²) in [6, 6.07) is 10.0. The highest BCUT2D eigenvalue weighted by Gasteiger charge is 2.52. The van der Waals surface area contributed by atoms with E-state index in [1.807, 2.05) is 6.07 Å². The normalized spacial score (nSPS) is 28.0. The van der Waals surface area contributed by atoms with E-state index in [9.17, 15) is 9.59 Å². The van der Waals surface area contributed by atoms with Crippen molar-refractivity contribution < 1.29 is 14.3 Å². The van der Waals surface area contributed by atoms with Gasteiger partial charge in [0.15, 0.2) is 0 Å². The minimum Gasteiger partial charge on any atom is -0.380 e. The fourth-order valence-electron chi connectivity index (χ4n) is 4.32. The van der Waals surface area contributed by atoms with Gasteiger partial charge in [-0.25, -0.2) is 4.79 Å². The fourth-order valence-corrected chi connectivity index (χ4v) is 4.32. The number of methoxy groups -OCH3 is 1. The maximum atomic E-state index is 12.7. The summed E-state index contributed by atoms with van der Waals surface area (Å²) in [4.78, 5) is 31.1. The summed E-state index contributed by atoms with van der Waals surface area (Å²) >= 11 is 0. The Morgan fingerprint density at radius 1 is 1.12 bits per heavy atom. The minimum absolute atomic E-state index is 0.00669. The van der Waals surface area contributed by atoms with Gasteiger partial charge in [0.05, 0.1) is 6.10 Å². The van der Waals surface area contributed by atoms with Crippen LogP contribution in [0.2, 0.25) is 0 Å². The van der Waals surface area contributed by atoms with Crippen LogP contribution in [-0.4, -0.2) is 71.6 Å². The van der Waals surface area contributed by atoms with Gasteiger partial charge in [-0.2, -0.15) is 0 Å². The Labute approximate surface area is 148 Å². The largest absolute Gasteiger partial charge is 0.380 e. The van der Waals surface area contributed by atoms with E-state index < -0.39 is 0 Å². The molecule has 6 heteroatoms. The number of benzene rings is 1. The van der Waals surface area contributed by atoms with Crippen LogP contribution in [0.1, 0.15) is 24.8 Å². The van der Waals surface area contributed by atoms with Crippen molar-refractivity contribution in [3.8, 4) is 0 Å². The smallest absolute Gasteiger partial charge is 0.327 e. The van der Waals surface area contributed by atoms with E-state index in [-0.39, 0.29) is 30.1 Å². The van der Waals surface area contributed by atoms with Gasteiger partial charge in [0.1, 0.15) is 6.04 Å². The molecule has 3 aliphatic rings. The molecular weight excluding hydrogens is 318 g/mol. The Bertz CT molecular complexity index is 619. The lowest BCUT2D eigenvalue weighted by Gasteiger charge is -2.35. The van der Waals surface area contributed by atoms with E-state index in [1.54, 1.807) is 12.0 Å². The Balaban J connectivity index is 1.35. The SMILES string of the molecule is CO[C@H]1C[C@H]2C(=O)N(C3CCN(Cc4ccccc4)CC3)C(=O)N2C1. The predicted octanol–water partition coefficient (Wildman–Crippen LogP) is 1.70. The molecule has 3 aliphatic heterocycles. The molecule has 1 aromatic rings. The quantitative estimate of drug-likeness (QED) is 0.781. The number of piperidine rings is 1. The average Bonchev–Trinajstić information content (AvgIpc) is 3.17. The van der Waals surface area contributed by atoms with Crippen LogP contribution in [0.15, 0.2) is 30.3 Å². The number of nitrogens with zero attached hydrogens (tertiary/aromatic N) is 3. The van der Waals surface area contributed by atoms with Crippen LogP contribution < -0.4 is 0 Å². The van der Waals surface area contributed by atoms with E-state index in [1.165, 1.54) is 10.5 Å². The number of ether oxygens (including phenoxy) is 1. The lowest BCUT2D eigenvalue weighted by molar-refractivity contribution is -0.130. The Morgan fingerprint density at radius 2 is 1.84 bits per heavy atom. The molecule has 0 spiro atoms. The second-order valence-corrected chi connectivity index (χ2v) is 7.25. The molecule has 3 amide bonds. The van der Waals surface area contributed by atoms with Crippen LogP contribution >= 0.6 is 0 Å². The zero-order valence-corrected chi connectivity index (χ0v) is 14.6. The zero-order valence-electron chi connectivity index (χ0n) is 14.6. The van der Waals surface area contributed by atoms with E-state index in [0.29, 0.717) is 13.0 Å². The number of hydrogen-bond acceptors (Lipinski definition) is 4. The summed E-state index contributed by atoms with van der Waals surface area (Å²) < 4.78 is 5.32. The van der Waals surface area contributed by atoms with Crippen molar-refractivity contribution in [1.29, 1.82) is 0 Å². The first-order valence-corrected chi connectivity index (χ1v) is 9.10. The highest BCUT2D eigenvalue weighted by molar-refractivity contribution is 6.05. The van der Waals surface area contributed by atoms with Crippen LogP contribution in [0.25, 0.3) is 0 Å². The molecule has 2 atom stereocenters. The monoisotopic (exact) mass is 343 g/mol. The van der Waals surface area contributed by atoms with Crippen LogP contribution in [0.4, 0.5) is 4.79 Å². The lowest BCUT2D eigenvalue weighted by atomic mass is 10.0. The van der Waals surface area contributed by atoms with Gasteiger partial charge in [-0.3, -0.25) is 14.6 Å². The van der Waals surface area contributed by atoms with Gasteiger partial charge in [-0.1, -0.05) is 30.3 Å². The first-order chi connectivity index (χ1) is 12.2. The molecule has 3 saturated heterocycles. The van der Waals surface area contributed by atoms with Crippen molar-refractivity contribution in [2.24, 2.45) is 0 Å². The number of fused-ring (bicyclic) bond motifs is 1. The highest BCUT2D eigenvalue weighted by Crippen LogP contribution is 2.32. The summed E-state index contributed by atoms with van der Waals surface area (Å²) in [5, 5.41) is 0. The van der Waals surface area contributed by atoms with E-state index in [2.05, 4.69) is 29.2 Å². The lowest BCUT2D eigenvalue weighted by Crippen LogP contribution is -2.48. The third-order valence-electron chi connectivity index (χ3n) is 5.74. The van der Waals surface area contributed by atoms with Crippen molar-refractivity contribution in [2.75, 3.05) is 26.7 Å². The van der Waals surface area contributed by atoms with E-state index >= 15 is 0 Å². The number of likely N-dealkylation sites (tertiary alicyclic amines) is 1. The molecule has 0 unspecified atom stereocenters. The standard InChI is InChI=1S/C19H25N3O3/c1-25-16-11-17-18(23)22(19(24)21(17)13-16)15-7-9-20(10-8-15)12-14-5-3-2-4-6-14/h2-6,15-17H,7-13H2,1H3/t16-,17-/m0/s1.